The number of imidazole rings is 3. The number of para-hydroxylation sites is 4. The summed E-state index contributed by atoms with van der Waals surface area (Å²) >= 11 is 0. The number of hydrogen-bond donors (Lipinski definition) is 0. The molecular weight excluding hydrogens is 828 g/mol. The van der Waals surface area contributed by atoms with Crippen LogP contribution in [0.15, 0.2) is 108 Å². The maximum absolute atomic E-state index is 8.19. The molecule has 9 heteroatoms. The van der Waals surface area contributed by atoms with Crippen LogP contribution < -0.4 is 9.30 Å². The number of aryl methyl sites for hydroxylation is 2. The summed E-state index contributed by atoms with van der Waals surface area (Å²) in [6.07, 6.45) is 4.90. The normalized spacial score (nSPS) is 13.3. The summed E-state index contributed by atoms with van der Waals surface area (Å²) in [6.45, 7) is 6.17. The zero-order chi connectivity index (χ0) is 37.1. The molecule has 10 aromatic rings. The Morgan fingerprint density at radius 1 is 0.865 bits per heavy atom. The molecule has 0 aliphatic rings. The minimum absolute atomic E-state index is 0. The number of hydrogen-bond acceptors (Lipinski definition) is 4. The molecule has 10 rings (SSSR count). The van der Waals surface area contributed by atoms with Crippen molar-refractivity contribution in [1.82, 2.24) is 23.5 Å². The summed E-state index contributed by atoms with van der Waals surface area (Å²) in [7, 11) is 0. The Balaban J connectivity index is 0.00000397. The van der Waals surface area contributed by atoms with Gasteiger partial charge in [0, 0.05) is 44.1 Å². The van der Waals surface area contributed by atoms with Crippen LogP contribution in [0.5, 0.6) is 11.5 Å². The summed E-state index contributed by atoms with van der Waals surface area (Å²) in [5.74, 6) is 2.17. The van der Waals surface area contributed by atoms with Crippen LogP contribution in [-0.4, -0.2) is 23.5 Å². The van der Waals surface area contributed by atoms with Crippen LogP contribution >= 0.6 is 0 Å². The van der Waals surface area contributed by atoms with E-state index >= 15 is 0 Å². The van der Waals surface area contributed by atoms with E-state index in [2.05, 4.69) is 68.8 Å². The van der Waals surface area contributed by atoms with Crippen molar-refractivity contribution in [2.24, 2.45) is 6.98 Å². The first kappa shape index (κ1) is 28.9. The molecule has 5 aromatic carbocycles. The first-order valence-electron chi connectivity index (χ1n) is 18.3. The third-order valence-corrected chi connectivity index (χ3v) is 9.63. The molecule has 0 atom stereocenters. The Hall–Kier alpha value is -5.72. The van der Waals surface area contributed by atoms with Crippen molar-refractivity contribution < 1.29 is 38.9 Å². The van der Waals surface area contributed by atoms with Gasteiger partial charge >= 0.3 is 0 Å². The molecule has 0 bridgehead atoms. The second-order valence-corrected chi connectivity index (χ2v) is 13.9. The summed E-state index contributed by atoms with van der Waals surface area (Å²) in [6, 6.07) is 38.2. The predicted molar refractivity (Wildman–Crippen MR) is 199 cm³/mol. The molecule has 0 unspecified atom stereocenters. The Morgan fingerprint density at radius 3 is 2.56 bits per heavy atom. The molecule has 52 heavy (non-hydrogen) atoms. The minimum Gasteiger partial charge on any atom is -0.512 e. The van der Waals surface area contributed by atoms with Gasteiger partial charge in [0.2, 0.25) is 12.1 Å². The van der Waals surface area contributed by atoms with Gasteiger partial charge in [-0.3, -0.25) is 4.57 Å². The van der Waals surface area contributed by atoms with E-state index in [1.165, 1.54) is 4.57 Å². The molecule has 0 N–H and O–H groups in total. The zero-order valence-electron chi connectivity index (χ0n) is 31.6. The fraction of sp³-hybridized carbons (Fsp3) is 0.140. The van der Waals surface area contributed by atoms with Gasteiger partial charge < -0.3 is 22.7 Å². The van der Waals surface area contributed by atoms with E-state index in [4.69, 9.17) is 23.2 Å². The van der Waals surface area contributed by atoms with Gasteiger partial charge in [-0.05, 0) is 58.8 Å². The summed E-state index contributed by atoms with van der Waals surface area (Å²) in [4.78, 5) is 9.98. The minimum atomic E-state index is -2.44. The average Bonchev–Trinajstić information content (AvgIpc) is 3.90. The first-order valence-corrected chi connectivity index (χ1v) is 16.8. The van der Waals surface area contributed by atoms with Gasteiger partial charge in [0.05, 0.1) is 38.7 Å². The van der Waals surface area contributed by atoms with Crippen molar-refractivity contribution >= 4 is 60.8 Å². The smallest absolute Gasteiger partial charge is 0.242 e. The van der Waals surface area contributed by atoms with Crippen LogP contribution in [0.25, 0.3) is 72.3 Å². The van der Waals surface area contributed by atoms with E-state index in [9.17, 15) is 0 Å². The second-order valence-electron chi connectivity index (χ2n) is 13.9. The number of ether oxygens (including phenoxy) is 1. The number of fused-ring (bicyclic) bond motifs is 9. The summed E-state index contributed by atoms with van der Waals surface area (Å²) in [5.41, 5.74) is 8.54. The van der Waals surface area contributed by atoms with Crippen LogP contribution in [0.3, 0.4) is 0 Å². The van der Waals surface area contributed by atoms with Gasteiger partial charge in [-0.25, -0.2) is 9.97 Å². The van der Waals surface area contributed by atoms with Crippen LogP contribution in [0, 0.1) is 25.4 Å². The fourth-order valence-electron chi connectivity index (χ4n) is 7.06. The van der Waals surface area contributed by atoms with Gasteiger partial charge in [0.15, 0.2) is 0 Å². The van der Waals surface area contributed by atoms with E-state index in [0.29, 0.717) is 45.2 Å². The zero-order valence-corrected chi connectivity index (χ0v) is 30.9. The number of nitrogens with zero attached hydrogens (tertiary/aromatic N) is 6. The van der Waals surface area contributed by atoms with Gasteiger partial charge in [-0.1, -0.05) is 86.4 Å². The van der Waals surface area contributed by atoms with E-state index in [0.717, 1.165) is 49.8 Å². The SMILES string of the molecule is [2H]C([2H])([2H])[n+]1[c-]n(-c2[c-]c(Oc3[c-]c4c(cc3)n3c5cccc(C)c5nc3n4-c3cc(C(C)(C)C)ccn3)c3oc4ccccc4c3c2)c2ccccc21.[Pt]. The number of rotatable bonds is 4. The average molecular weight is 863 g/mol. The van der Waals surface area contributed by atoms with Gasteiger partial charge in [0.25, 0.3) is 0 Å². The third kappa shape index (κ3) is 4.81. The van der Waals surface area contributed by atoms with E-state index < -0.39 is 6.98 Å². The molecule has 0 aliphatic carbocycles. The topological polar surface area (TPSA) is 66.3 Å². The van der Waals surface area contributed by atoms with Crippen molar-refractivity contribution in [2.75, 3.05) is 0 Å². The largest absolute Gasteiger partial charge is 0.512 e. The van der Waals surface area contributed by atoms with Crippen molar-refractivity contribution in [3.05, 3.63) is 133 Å². The molecule has 0 spiro atoms. The predicted octanol–water partition coefficient (Wildman–Crippen LogP) is 9.29. The van der Waals surface area contributed by atoms with Crippen molar-refractivity contribution in [3.63, 3.8) is 0 Å². The molecule has 8 nitrogen and oxygen atoms in total. The molecule has 0 radical (unpaired) electrons. The first-order chi connectivity index (χ1) is 25.9. The van der Waals surface area contributed by atoms with Crippen molar-refractivity contribution in [3.8, 4) is 23.0 Å². The maximum atomic E-state index is 8.19. The molecule has 5 aromatic heterocycles. The van der Waals surface area contributed by atoms with E-state index in [-0.39, 0.29) is 26.5 Å². The molecule has 0 fully saturated rings. The third-order valence-electron chi connectivity index (χ3n) is 9.63. The standard InChI is InChI=1S/C43H32N6O2.Pt/c1-26-11-10-15-35-40(26)45-42-48(35)34-18-17-29(24-36(34)49(42)39-21-27(19-20-44-39)43(2,3)4)50-38-23-28(47-25-46(5)32-13-7-8-14-33(32)47)22-31-30-12-6-9-16-37(30)51-41(31)38;/h6-22H,1-5H3;/q-2;/i5D3;. The van der Waals surface area contributed by atoms with E-state index in [1.807, 2.05) is 83.6 Å². The number of benzene rings is 5. The molecule has 5 heterocycles. The monoisotopic (exact) mass is 862 g/mol. The summed E-state index contributed by atoms with van der Waals surface area (Å²) < 4.78 is 44.7. The second kappa shape index (κ2) is 11.7. The molecular formula is C43H32N6O2Pt-2. The molecule has 0 saturated heterocycles. The Kier molecular flexibility index (Phi) is 6.48. The molecule has 258 valence electrons. The quantitative estimate of drug-likeness (QED) is 0.131. The van der Waals surface area contributed by atoms with Gasteiger partial charge in [-0.2, -0.15) is 6.07 Å². The number of furan rings is 1. The number of aromatic nitrogens is 6. The van der Waals surface area contributed by atoms with Gasteiger partial charge in [-0.15, -0.1) is 24.3 Å². The van der Waals surface area contributed by atoms with E-state index in [1.54, 1.807) is 10.6 Å². The van der Waals surface area contributed by atoms with Crippen molar-refractivity contribution in [2.45, 2.75) is 33.1 Å². The maximum Gasteiger partial charge on any atom is 0.242 e. The molecule has 0 aliphatic heterocycles. The number of pyridine rings is 1. The van der Waals surface area contributed by atoms with Crippen molar-refractivity contribution in [1.29, 1.82) is 0 Å². The van der Waals surface area contributed by atoms with Gasteiger partial charge in [0.1, 0.15) is 11.4 Å². The van der Waals surface area contributed by atoms with Crippen LogP contribution in [0.1, 0.15) is 36.0 Å². The fourth-order valence-corrected chi connectivity index (χ4v) is 7.06. The Labute approximate surface area is 318 Å². The summed E-state index contributed by atoms with van der Waals surface area (Å²) in [5, 5.41) is 1.67. The Bertz CT molecular complexity index is 3150. The van der Waals surface area contributed by atoms with Crippen LogP contribution in [0.2, 0.25) is 0 Å². The Morgan fingerprint density at radius 2 is 1.69 bits per heavy atom. The van der Waals surface area contributed by atoms with Crippen LogP contribution in [0.4, 0.5) is 0 Å². The molecule has 0 saturated carbocycles. The van der Waals surface area contributed by atoms with Crippen LogP contribution in [-0.2, 0) is 33.5 Å². The molecule has 0 amide bonds.